The van der Waals surface area contributed by atoms with Crippen LogP contribution in [0.25, 0.3) is 11.0 Å². The molecule has 0 radical (unpaired) electrons. The highest BCUT2D eigenvalue weighted by Gasteiger charge is 2.17. The van der Waals surface area contributed by atoms with E-state index in [0.717, 1.165) is 11.0 Å². The second-order valence-electron chi connectivity index (χ2n) is 4.37. The maximum Gasteiger partial charge on any atom is 0.162 e. The SMILES string of the molecule is CC.CC(C)(C)c1ccnc2ncncc12. The lowest BCUT2D eigenvalue weighted by Crippen LogP contribution is -2.12. The van der Waals surface area contributed by atoms with Crippen LogP contribution < -0.4 is 0 Å². The van der Waals surface area contributed by atoms with Crippen molar-refractivity contribution in [2.75, 3.05) is 0 Å². The van der Waals surface area contributed by atoms with Gasteiger partial charge in [0.15, 0.2) is 5.65 Å². The molecule has 2 heterocycles. The number of hydrogen-bond acceptors (Lipinski definition) is 3. The number of nitrogens with zero attached hydrogens (tertiary/aromatic N) is 3. The first-order valence-corrected chi connectivity index (χ1v) is 5.64. The quantitative estimate of drug-likeness (QED) is 0.679. The van der Waals surface area contributed by atoms with E-state index in [1.54, 1.807) is 6.20 Å². The van der Waals surface area contributed by atoms with Crippen molar-refractivity contribution in [1.82, 2.24) is 15.0 Å². The van der Waals surface area contributed by atoms with Crippen molar-refractivity contribution in [1.29, 1.82) is 0 Å². The lowest BCUT2D eigenvalue weighted by molar-refractivity contribution is 0.595. The van der Waals surface area contributed by atoms with Gasteiger partial charge in [0, 0.05) is 17.8 Å². The Labute approximate surface area is 97.0 Å². The van der Waals surface area contributed by atoms with Gasteiger partial charge in [-0.15, -0.1) is 0 Å². The van der Waals surface area contributed by atoms with E-state index in [2.05, 4.69) is 35.7 Å². The lowest BCUT2D eigenvalue weighted by Gasteiger charge is -2.20. The van der Waals surface area contributed by atoms with Gasteiger partial charge in [-0.1, -0.05) is 34.6 Å². The van der Waals surface area contributed by atoms with Crippen molar-refractivity contribution < 1.29 is 0 Å². The number of pyridine rings is 1. The Kier molecular flexibility index (Phi) is 3.93. The van der Waals surface area contributed by atoms with Crippen LogP contribution in [0.4, 0.5) is 0 Å². The highest BCUT2D eigenvalue weighted by atomic mass is 14.9. The van der Waals surface area contributed by atoms with Crippen molar-refractivity contribution in [3.05, 3.63) is 30.4 Å². The monoisotopic (exact) mass is 217 g/mol. The topological polar surface area (TPSA) is 38.7 Å². The highest BCUT2D eigenvalue weighted by Crippen LogP contribution is 2.27. The van der Waals surface area contributed by atoms with E-state index in [-0.39, 0.29) is 5.41 Å². The smallest absolute Gasteiger partial charge is 0.162 e. The molecule has 3 nitrogen and oxygen atoms in total. The summed E-state index contributed by atoms with van der Waals surface area (Å²) in [6, 6.07) is 2.03. The van der Waals surface area contributed by atoms with Gasteiger partial charge in [0.2, 0.25) is 0 Å². The summed E-state index contributed by atoms with van der Waals surface area (Å²) in [5.74, 6) is 0. The summed E-state index contributed by atoms with van der Waals surface area (Å²) in [6.07, 6.45) is 5.16. The summed E-state index contributed by atoms with van der Waals surface area (Å²) >= 11 is 0. The number of aromatic nitrogens is 3. The normalized spacial score (nSPS) is 10.8. The van der Waals surface area contributed by atoms with Gasteiger partial charge in [-0.2, -0.15) is 0 Å². The molecule has 0 aliphatic heterocycles. The lowest BCUT2D eigenvalue weighted by atomic mass is 9.86. The fraction of sp³-hybridized carbons (Fsp3) is 0.462. The van der Waals surface area contributed by atoms with E-state index in [9.17, 15) is 0 Å². The third-order valence-electron chi connectivity index (χ3n) is 2.23. The summed E-state index contributed by atoms with van der Waals surface area (Å²) in [4.78, 5) is 12.4. The van der Waals surface area contributed by atoms with Crippen molar-refractivity contribution in [2.24, 2.45) is 0 Å². The van der Waals surface area contributed by atoms with E-state index in [1.807, 2.05) is 26.1 Å². The summed E-state index contributed by atoms with van der Waals surface area (Å²) in [5, 5.41) is 1.04. The average Bonchev–Trinajstić information content (AvgIpc) is 2.30. The summed E-state index contributed by atoms with van der Waals surface area (Å²) < 4.78 is 0. The zero-order valence-electron chi connectivity index (χ0n) is 10.7. The van der Waals surface area contributed by atoms with E-state index >= 15 is 0 Å². The van der Waals surface area contributed by atoms with Crippen LogP contribution in [0.1, 0.15) is 40.2 Å². The molecule has 3 heteroatoms. The highest BCUT2D eigenvalue weighted by molar-refractivity contribution is 5.78. The molecule has 16 heavy (non-hydrogen) atoms. The van der Waals surface area contributed by atoms with Crippen LogP contribution in [0.15, 0.2) is 24.8 Å². The Morgan fingerprint density at radius 3 is 2.38 bits per heavy atom. The molecule has 0 bridgehead atoms. The zero-order valence-corrected chi connectivity index (χ0v) is 10.7. The molecule has 2 aromatic rings. The minimum Gasteiger partial charge on any atom is -0.244 e. The molecule has 0 aliphatic rings. The Balaban J connectivity index is 0.000000606. The van der Waals surface area contributed by atoms with Crippen molar-refractivity contribution >= 4 is 11.0 Å². The molecule has 0 atom stereocenters. The second kappa shape index (κ2) is 5.01. The van der Waals surface area contributed by atoms with E-state index < -0.39 is 0 Å². The van der Waals surface area contributed by atoms with Gasteiger partial charge < -0.3 is 0 Å². The molecule has 86 valence electrons. The minimum absolute atomic E-state index is 0.103. The second-order valence-corrected chi connectivity index (χ2v) is 4.37. The third-order valence-corrected chi connectivity index (χ3v) is 2.23. The molecule has 0 spiro atoms. The maximum atomic E-state index is 4.20. The van der Waals surface area contributed by atoms with Gasteiger partial charge in [-0.05, 0) is 17.0 Å². The summed E-state index contributed by atoms with van der Waals surface area (Å²) in [5.41, 5.74) is 2.11. The molecule has 2 rings (SSSR count). The van der Waals surface area contributed by atoms with E-state index in [4.69, 9.17) is 0 Å². The van der Waals surface area contributed by atoms with Crippen LogP contribution in [0.2, 0.25) is 0 Å². The van der Waals surface area contributed by atoms with Crippen LogP contribution in [0.3, 0.4) is 0 Å². The first-order valence-electron chi connectivity index (χ1n) is 5.64. The molecule has 0 aromatic carbocycles. The molecule has 0 unspecified atom stereocenters. The van der Waals surface area contributed by atoms with Gasteiger partial charge in [0.25, 0.3) is 0 Å². The van der Waals surface area contributed by atoms with Crippen LogP contribution in [0, 0.1) is 0 Å². The van der Waals surface area contributed by atoms with Gasteiger partial charge in [-0.3, -0.25) is 0 Å². The molecule has 0 saturated carbocycles. The van der Waals surface area contributed by atoms with Gasteiger partial charge in [-0.25, -0.2) is 15.0 Å². The Morgan fingerprint density at radius 1 is 1.06 bits per heavy atom. The molecule has 2 aromatic heterocycles. The van der Waals surface area contributed by atoms with Crippen LogP contribution in [0.5, 0.6) is 0 Å². The largest absolute Gasteiger partial charge is 0.244 e. The zero-order chi connectivity index (χ0) is 12.2. The van der Waals surface area contributed by atoms with Crippen LogP contribution >= 0.6 is 0 Å². The van der Waals surface area contributed by atoms with Crippen molar-refractivity contribution in [3.8, 4) is 0 Å². The predicted octanol–water partition coefficient (Wildman–Crippen LogP) is 3.35. The summed E-state index contributed by atoms with van der Waals surface area (Å²) in [6.45, 7) is 10.5. The fourth-order valence-corrected chi connectivity index (χ4v) is 1.54. The average molecular weight is 217 g/mol. The first-order chi connectivity index (χ1) is 7.59. The molecule has 0 amide bonds. The fourth-order valence-electron chi connectivity index (χ4n) is 1.54. The van der Waals surface area contributed by atoms with Crippen molar-refractivity contribution in [3.63, 3.8) is 0 Å². The Hall–Kier alpha value is -1.51. The van der Waals surface area contributed by atoms with Crippen LogP contribution in [-0.4, -0.2) is 15.0 Å². The predicted molar refractivity (Wildman–Crippen MR) is 67.4 cm³/mol. The van der Waals surface area contributed by atoms with E-state index in [0.29, 0.717) is 0 Å². The van der Waals surface area contributed by atoms with Gasteiger partial charge in [0.1, 0.15) is 6.33 Å². The number of fused-ring (bicyclic) bond motifs is 1. The molecule has 0 N–H and O–H groups in total. The van der Waals surface area contributed by atoms with E-state index in [1.165, 1.54) is 11.9 Å². The molecule has 0 fully saturated rings. The van der Waals surface area contributed by atoms with Crippen molar-refractivity contribution in [2.45, 2.75) is 40.0 Å². The third kappa shape index (κ3) is 2.54. The Morgan fingerprint density at radius 2 is 1.75 bits per heavy atom. The molecule has 0 saturated heterocycles. The number of hydrogen-bond donors (Lipinski definition) is 0. The molecule has 0 aliphatic carbocycles. The van der Waals surface area contributed by atoms with Crippen LogP contribution in [-0.2, 0) is 5.41 Å². The van der Waals surface area contributed by atoms with Gasteiger partial charge in [0.05, 0.1) is 0 Å². The number of rotatable bonds is 0. The first kappa shape index (κ1) is 12.6. The standard InChI is InChI=1S/C11H13N3.C2H6/c1-11(2,3)9-4-5-13-10-8(9)6-12-7-14-10;1-2/h4-7H,1-3H3;1-2H3. The Bertz CT molecular complexity index is 453. The van der Waals surface area contributed by atoms with Gasteiger partial charge >= 0.3 is 0 Å². The minimum atomic E-state index is 0.103. The molecular weight excluding hydrogens is 198 g/mol. The molecular formula is C13H19N3. The maximum absolute atomic E-state index is 4.20. The summed E-state index contributed by atoms with van der Waals surface area (Å²) in [7, 11) is 0.